The predicted octanol–water partition coefficient (Wildman–Crippen LogP) is 1.33. The molecule has 3 N–H and O–H groups in total. The second kappa shape index (κ2) is 7.62. The first-order valence-electron chi connectivity index (χ1n) is 5.94. The molecule has 8 nitrogen and oxygen atoms in total. The molecule has 1 heterocycles. The second-order valence-electron chi connectivity index (χ2n) is 4.34. The lowest BCUT2D eigenvalue weighted by molar-refractivity contribution is -0.141. The number of carboxylic acids is 1. The number of carbonyl (C=O) groups excluding carboxylic acids is 1. The number of amides is 2. The zero-order chi connectivity index (χ0) is 14.3. The molecule has 0 saturated heterocycles. The van der Waals surface area contributed by atoms with Gasteiger partial charge in [-0.05, 0) is 25.0 Å². The molecule has 1 rings (SSSR count). The van der Waals surface area contributed by atoms with Crippen molar-refractivity contribution in [1.82, 2.24) is 20.1 Å². The van der Waals surface area contributed by atoms with Crippen LogP contribution in [0.25, 0.3) is 0 Å². The summed E-state index contributed by atoms with van der Waals surface area (Å²) in [6, 6.07) is -0.404. The van der Waals surface area contributed by atoms with Crippen molar-refractivity contribution in [1.29, 1.82) is 0 Å². The normalized spacial score (nSPS) is 13.6. The number of rotatable bonds is 7. The molecule has 2 atom stereocenters. The fraction of sp³-hybridized carbons (Fsp3) is 0.700. The Morgan fingerprint density at radius 3 is 2.68 bits per heavy atom. The molecule has 19 heavy (non-hydrogen) atoms. The van der Waals surface area contributed by atoms with Crippen molar-refractivity contribution in [2.45, 2.75) is 39.2 Å². The molecule has 0 bridgehead atoms. The van der Waals surface area contributed by atoms with E-state index in [1.807, 2.05) is 6.92 Å². The SMILES string of the molecule is CC(CCCC(C)C(=O)O)NC(=O)Nc1nnns1. The zero-order valence-corrected chi connectivity index (χ0v) is 11.6. The monoisotopic (exact) mass is 287 g/mol. The van der Waals surface area contributed by atoms with Gasteiger partial charge in [0.15, 0.2) is 0 Å². The average Bonchev–Trinajstić information content (AvgIpc) is 2.81. The summed E-state index contributed by atoms with van der Waals surface area (Å²) in [6.07, 6.45) is 2.07. The van der Waals surface area contributed by atoms with E-state index in [0.29, 0.717) is 11.6 Å². The molecule has 0 radical (unpaired) electrons. The molecule has 0 aliphatic carbocycles. The average molecular weight is 287 g/mol. The number of aromatic nitrogens is 3. The Morgan fingerprint density at radius 1 is 1.37 bits per heavy atom. The number of nitrogens with one attached hydrogen (secondary N) is 2. The molecule has 0 aliphatic heterocycles. The first-order valence-corrected chi connectivity index (χ1v) is 6.71. The van der Waals surface area contributed by atoms with Crippen molar-refractivity contribution in [2.75, 3.05) is 5.32 Å². The fourth-order valence-electron chi connectivity index (χ4n) is 1.46. The quantitative estimate of drug-likeness (QED) is 0.696. The molecule has 0 aromatic carbocycles. The van der Waals surface area contributed by atoms with Gasteiger partial charge in [-0.3, -0.25) is 10.1 Å². The Balaban J connectivity index is 2.18. The van der Waals surface area contributed by atoms with Gasteiger partial charge in [0.1, 0.15) is 0 Å². The van der Waals surface area contributed by atoms with E-state index in [1.165, 1.54) is 0 Å². The Labute approximate surface area is 114 Å². The molecule has 2 amide bonds. The Kier molecular flexibility index (Phi) is 6.13. The Hall–Kier alpha value is -1.77. The van der Waals surface area contributed by atoms with Gasteiger partial charge in [-0.2, -0.15) is 0 Å². The van der Waals surface area contributed by atoms with Crippen LogP contribution in [0.5, 0.6) is 0 Å². The number of urea groups is 1. The fourth-order valence-corrected chi connectivity index (χ4v) is 1.83. The Bertz CT molecular complexity index is 411. The standard InChI is InChI=1S/C10H17N5O3S/c1-6(8(16)17)4-3-5-7(2)11-9(18)12-10-13-14-15-19-10/h6-7H,3-5H2,1-2H3,(H,16,17)(H2,11,12,13,15,18). The third-order valence-electron chi connectivity index (χ3n) is 2.59. The van der Waals surface area contributed by atoms with Gasteiger partial charge in [0.2, 0.25) is 5.13 Å². The van der Waals surface area contributed by atoms with Crippen molar-refractivity contribution in [3.8, 4) is 0 Å². The van der Waals surface area contributed by atoms with Crippen LogP contribution in [-0.2, 0) is 4.79 Å². The van der Waals surface area contributed by atoms with Gasteiger partial charge in [0.25, 0.3) is 0 Å². The molecule has 1 aromatic rings. The number of aliphatic carboxylic acids is 1. The van der Waals surface area contributed by atoms with Crippen LogP contribution in [0.4, 0.5) is 9.93 Å². The maximum Gasteiger partial charge on any atom is 0.321 e. The van der Waals surface area contributed by atoms with E-state index in [2.05, 4.69) is 25.4 Å². The molecule has 9 heteroatoms. The number of nitrogens with zero attached hydrogens (tertiary/aromatic N) is 3. The summed E-state index contributed by atoms with van der Waals surface area (Å²) in [5.74, 6) is -1.14. The first-order chi connectivity index (χ1) is 8.99. The smallest absolute Gasteiger partial charge is 0.321 e. The van der Waals surface area contributed by atoms with E-state index in [0.717, 1.165) is 24.4 Å². The second-order valence-corrected chi connectivity index (χ2v) is 5.07. The van der Waals surface area contributed by atoms with E-state index in [9.17, 15) is 9.59 Å². The van der Waals surface area contributed by atoms with Crippen molar-refractivity contribution < 1.29 is 14.7 Å². The third kappa shape index (κ3) is 6.09. The molecule has 2 unspecified atom stereocenters. The maximum atomic E-state index is 11.5. The third-order valence-corrected chi connectivity index (χ3v) is 3.10. The van der Waals surface area contributed by atoms with Crippen molar-refractivity contribution in [3.05, 3.63) is 0 Å². The van der Waals surface area contributed by atoms with Gasteiger partial charge in [-0.15, -0.1) is 0 Å². The number of anilines is 1. The van der Waals surface area contributed by atoms with Gasteiger partial charge in [-0.25, -0.2) is 4.79 Å². The van der Waals surface area contributed by atoms with Crippen LogP contribution in [0, 0.1) is 5.92 Å². The van der Waals surface area contributed by atoms with Crippen LogP contribution in [0.1, 0.15) is 33.1 Å². The van der Waals surface area contributed by atoms with Crippen LogP contribution in [-0.4, -0.2) is 37.9 Å². The van der Waals surface area contributed by atoms with Gasteiger partial charge >= 0.3 is 12.0 Å². The van der Waals surface area contributed by atoms with Gasteiger partial charge < -0.3 is 10.4 Å². The summed E-state index contributed by atoms with van der Waals surface area (Å²) in [5, 5.41) is 21.3. The largest absolute Gasteiger partial charge is 0.481 e. The summed E-state index contributed by atoms with van der Waals surface area (Å²) in [4.78, 5) is 22.2. The van der Waals surface area contributed by atoms with Crippen LogP contribution in [0.2, 0.25) is 0 Å². The summed E-state index contributed by atoms with van der Waals surface area (Å²) < 4.78 is 3.52. The molecule has 106 valence electrons. The van der Waals surface area contributed by atoms with Crippen molar-refractivity contribution in [3.63, 3.8) is 0 Å². The molecular weight excluding hydrogens is 270 g/mol. The lowest BCUT2D eigenvalue weighted by Gasteiger charge is -2.14. The van der Waals surface area contributed by atoms with Gasteiger partial charge in [0, 0.05) is 17.6 Å². The van der Waals surface area contributed by atoms with E-state index in [4.69, 9.17) is 5.11 Å². The summed E-state index contributed by atoms with van der Waals surface area (Å²) >= 11 is 0.994. The zero-order valence-electron chi connectivity index (χ0n) is 10.8. The molecule has 1 aromatic heterocycles. The molecule has 0 saturated carbocycles. The van der Waals surface area contributed by atoms with Crippen LogP contribution < -0.4 is 10.6 Å². The first kappa shape index (κ1) is 15.3. The minimum atomic E-state index is -0.790. The van der Waals surface area contributed by atoms with E-state index >= 15 is 0 Å². The van der Waals surface area contributed by atoms with Crippen molar-refractivity contribution >= 4 is 28.7 Å². The van der Waals surface area contributed by atoms with Crippen LogP contribution in [0.15, 0.2) is 0 Å². The topological polar surface area (TPSA) is 117 Å². The number of hydrogen-bond donors (Lipinski definition) is 3. The highest BCUT2D eigenvalue weighted by atomic mass is 32.1. The van der Waals surface area contributed by atoms with Gasteiger partial charge in [-0.1, -0.05) is 22.9 Å². The highest BCUT2D eigenvalue weighted by Crippen LogP contribution is 2.10. The Morgan fingerprint density at radius 2 is 2.11 bits per heavy atom. The summed E-state index contributed by atoms with van der Waals surface area (Å²) in [6.45, 7) is 3.54. The van der Waals surface area contributed by atoms with Gasteiger partial charge in [0.05, 0.1) is 5.92 Å². The van der Waals surface area contributed by atoms with E-state index < -0.39 is 5.97 Å². The molecule has 0 fully saturated rings. The van der Waals surface area contributed by atoms with E-state index in [1.54, 1.807) is 6.92 Å². The molecule has 0 spiro atoms. The maximum absolute atomic E-state index is 11.5. The van der Waals surface area contributed by atoms with E-state index in [-0.39, 0.29) is 18.0 Å². The summed E-state index contributed by atoms with van der Waals surface area (Å²) in [5.41, 5.74) is 0. The number of carboxylic acid groups (broad SMARTS) is 1. The lowest BCUT2D eigenvalue weighted by Crippen LogP contribution is -2.36. The highest BCUT2D eigenvalue weighted by Gasteiger charge is 2.13. The minimum Gasteiger partial charge on any atom is -0.481 e. The van der Waals surface area contributed by atoms with Crippen molar-refractivity contribution in [2.24, 2.45) is 5.92 Å². The lowest BCUT2D eigenvalue weighted by atomic mass is 10.0. The van der Waals surface area contributed by atoms with Crippen LogP contribution >= 0.6 is 11.5 Å². The minimum absolute atomic E-state index is 0.0399. The number of hydrogen-bond acceptors (Lipinski definition) is 6. The number of carbonyl (C=O) groups is 2. The predicted molar refractivity (Wildman–Crippen MR) is 70.0 cm³/mol. The highest BCUT2D eigenvalue weighted by molar-refractivity contribution is 7.09. The molecular formula is C10H17N5O3S. The van der Waals surface area contributed by atoms with Crippen LogP contribution in [0.3, 0.4) is 0 Å². The molecule has 0 aliphatic rings. The summed E-state index contributed by atoms with van der Waals surface area (Å²) in [7, 11) is 0.